The molecule has 0 atom stereocenters. The van der Waals surface area contributed by atoms with Gasteiger partial charge in [-0.15, -0.1) is 0 Å². The molecule has 3 aromatic rings. The van der Waals surface area contributed by atoms with Crippen LogP contribution < -0.4 is 5.14 Å². The van der Waals surface area contributed by atoms with Gasteiger partial charge in [0.1, 0.15) is 0 Å². The fourth-order valence-corrected chi connectivity index (χ4v) is 3.16. The fourth-order valence-electron chi connectivity index (χ4n) is 2.64. The summed E-state index contributed by atoms with van der Waals surface area (Å²) in [6, 6.07) is 10.6. The van der Waals surface area contributed by atoms with Crippen molar-refractivity contribution >= 4 is 38.8 Å². The number of hydrogen-bond acceptors (Lipinski definition) is 6. The molecule has 29 heavy (non-hydrogen) atoms. The molecule has 0 aliphatic heterocycles. The van der Waals surface area contributed by atoms with Crippen molar-refractivity contribution in [1.82, 2.24) is 4.98 Å². The molecule has 0 bridgehead atoms. The van der Waals surface area contributed by atoms with E-state index >= 15 is 0 Å². The SMILES string of the molecule is CC(C)COC(=O)c1ccc2[nH]c(O)c(C=Nc3ccc(S(N)(=O)=O)cc3)c2c1. The van der Waals surface area contributed by atoms with Gasteiger partial charge in [-0.3, -0.25) is 4.99 Å². The number of rotatable bonds is 6. The van der Waals surface area contributed by atoms with Crippen LogP contribution in [0.3, 0.4) is 0 Å². The number of aromatic nitrogens is 1. The average Bonchev–Trinajstić information content (AvgIpc) is 2.98. The number of ether oxygens (including phenoxy) is 1. The maximum atomic E-state index is 12.2. The Morgan fingerprint density at radius 2 is 1.93 bits per heavy atom. The Morgan fingerprint density at radius 1 is 1.24 bits per heavy atom. The van der Waals surface area contributed by atoms with Crippen LogP contribution >= 0.6 is 0 Å². The van der Waals surface area contributed by atoms with E-state index < -0.39 is 16.0 Å². The third kappa shape index (κ3) is 4.82. The Morgan fingerprint density at radius 3 is 2.55 bits per heavy atom. The lowest BCUT2D eigenvalue weighted by molar-refractivity contribution is 0.0459. The van der Waals surface area contributed by atoms with Gasteiger partial charge in [0.25, 0.3) is 0 Å². The molecule has 3 rings (SSSR count). The highest BCUT2D eigenvalue weighted by Gasteiger charge is 2.14. The molecule has 0 amide bonds. The molecule has 0 unspecified atom stereocenters. The minimum Gasteiger partial charge on any atom is -0.494 e. The first kappa shape index (κ1) is 20.6. The molecule has 0 saturated carbocycles. The summed E-state index contributed by atoms with van der Waals surface area (Å²) in [5, 5.41) is 15.9. The lowest BCUT2D eigenvalue weighted by atomic mass is 10.1. The molecule has 0 spiro atoms. The number of esters is 1. The zero-order valence-corrected chi connectivity index (χ0v) is 16.7. The molecule has 4 N–H and O–H groups in total. The molecule has 152 valence electrons. The maximum Gasteiger partial charge on any atom is 0.338 e. The maximum absolute atomic E-state index is 12.2. The quantitative estimate of drug-likeness (QED) is 0.420. The zero-order chi connectivity index (χ0) is 21.2. The molecule has 8 nitrogen and oxygen atoms in total. The van der Waals surface area contributed by atoms with Crippen molar-refractivity contribution in [2.24, 2.45) is 16.0 Å². The van der Waals surface area contributed by atoms with Crippen LogP contribution in [-0.2, 0) is 14.8 Å². The number of nitrogens with two attached hydrogens (primary N) is 1. The van der Waals surface area contributed by atoms with Gasteiger partial charge >= 0.3 is 5.97 Å². The second-order valence-electron chi connectivity index (χ2n) is 6.94. The number of benzene rings is 2. The van der Waals surface area contributed by atoms with Crippen LogP contribution in [0, 0.1) is 5.92 Å². The van der Waals surface area contributed by atoms with Crippen LogP contribution in [0.2, 0.25) is 0 Å². The first-order valence-corrected chi connectivity index (χ1v) is 10.4. The van der Waals surface area contributed by atoms with E-state index in [0.29, 0.717) is 34.3 Å². The summed E-state index contributed by atoms with van der Waals surface area (Å²) in [6.45, 7) is 4.22. The van der Waals surface area contributed by atoms with E-state index in [-0.39, 0.29) is 16.7 Å². The van der Waals surface area contributed by atoms with Crippen LogP contribution in [-0.4, -0.2) is 37.3 Å². The number of carbonyl (C=O) groups excluding carboxylic acids is 1. The van der Waals surface area contributed by atoms with E-state index in [4.69, 9.17) is 9.88 Å². The first-order chi connectivity index (χ1) is 13.6. The van der Waals surface area contributed by atoms with E-state index in [1.54, 1.807) is 18.2 Å². The first-order valence-electron chi connectivity index (χ1n) is 8.84. The lowest BCUT2D eigenvalue weighted by Gasteiger charge is -2.07. The second kappa shape index (κ2) is 8.06. The standard InChI is InChI=1S/C20H21N3O5S/c1-12(2)11-28-20(25)13-3-8-18-16(9-13)17(19(24)23-18)10-22-14-4-6-15(7-5-14)29(21,26)27/h3-10,12,23-24H,11H2,1-2H3,(H2,21,26,27). The van der Waals surface area contributed by atoms with E-state index in [9.17, 15) is 18.3 Å². The van der Waals surface area contributed by atoms with Crippen LogP contribution in [0.1, 0.15) is 29.8 Å². The highest BCUT2D eigenvalue weighted by molar-refractivity contribution is 7.89. The highest BCUT2D eigenvalue weighted by Crippen LogP contribution is 2.28. The van der Waals surface area contributed by atoms with Crippen molar-refractivity contribution in [3.05, 3.63) is 53.6 Å². The molecule has 0 saturated heterocycles. The van der Waals surface area contributed by atoms with Gasteiger partial charge in [-0.25, -0.2) is 18.4 Å². The molecule has 0 aliphatic rings. The van der Waals surface area contributed by atoms with E-state index in [1.807, 2.05) is 13.8 Å². The largest absolute Gasteiger partial charge is 0.494 e. The summed E-state index contributed by atoms with van der Waals surface area (Å²) in [7, 11) is -3.78. The zero-order valence-electron chi connectivity index (χ0n) is 15.9. The number of hydrogen-bond donors (Lipinski definition) is 3. The Labute approximate surface area is 168 Å². The summed E-state index contributed by atoms with van der Waals surface area (Å²) in [6.07, 6.45) is 1.43. The van der Waals surface area contributed by atoms with Gasteiger partial charge in [0.05, 0.1) is 28.3 Å². The average molecular weight is 415 g/mol. The summed E-state index contributed by atoms with van der Waals surface area (Å²) in [5.41, 5.74) is 1.87. The van der Waals surface area contributed by atoms with Gasteiger partial charge in [-0.2, -0.15) is 0 Å². The number of nitrogens with one attached hydrogen (secondary N) is 1. The number of primary sulfonamides is 1. The van der Waals surface area contributed by atoms with Crippen molar-refractivity contribution in [1.29, 1.82) is 0 Å². The number of fused-ring (bicyclic) bond motifs is 1. The number of aromatic amines is 1. The topological polar surface area (TPSA) is 135 Å². The minimum absolute atomic E-state index is 0.0176. The monoisotopic (exact) mass is 415 g/mol. The smallest absolute Gasteiger partial charge is 0.338 e. The molecular weight excluding hydrogens is 394 g/mol. The number of H-pyrrole nitrogens is 1. The molecule has 0 fully saturated rings. The van der Waals surface area contributed by atoms with Crippen molar-refractivity contribution in [3.8, 4) is 5.88 Å². The minimum atomic E-state index is -3.78. The molecule has 0 radical (unpaired) electrons. The van der Waals surface area contributed by atoms with Crippen molar-refractivity contribution in [2.45, 2.75) is 18.7 Å². The van der Waals surface area contributed by atoms with Gasteiger partial charge in [0.15, 0.2) is 5.88 Å². The van der Waals surface area contributed by atoms with E-state index in [2.05, 4.69) is 9.98 Å². The van der Waals surface area contributed by atoms with Gasteiger partial charge in [-0.05, 0) is 48.4 Å². The Kier molecular flexibility index (Phi) is 5.71. The summed E-state index contributed by atoms with van der Waals surface area (Å²) < 4.78 is 27.9. The molecule has 2 aromatic carbocycles. The number of carbonyl (C=O) groups is 1. The van der Waals surface area contributed by atoms with Crippen molar-refractivity contribution in [2.75, 3.05) is 6.61 Å². The van der Waals surface area contributed by atoms with Crippen LogP contribution in [0.25, 0.3) is 10.9 Å². The molecular formula is C20H21N3O5S. The lowest BCUT2D eigenvalue weighted by Crippen LogP contribution is -2.11. The number of nitrogens with zero attached hydrogens (tertiary/aromatic N) is 1. The molecule has 9 heteroatoms. The second-order valence-corrected chi connectivity index (χ2v) is 8.50. The van der Waals surface area contributed by atoms with Gasteiger partial charge in [-0.1, -0.05) is 13.8 Å². The predicted molar refractivity (Wildman–Crippen MR) is 110 cm³/mol. The Balaban J connectivity index is 1.90. The summed E-state index contributed by atoms with van der Waals surface area (Å²) in [5.74, 6) is -0.317. The Bertz CT molecular complexity index is 1180. The molecule has 1 aromatic heterocycles. The number of aliphatic imine (C=N–C) groups is 1. The van der Waals surface area contributed by atoms with Gasteiger partial charge < -0.3 is 14.8 Å². The van der Waals surface area contributed by atoms with Crippen LogP contribution in [0.15, 0.2) is 52.4 Å². The van der Waals surface area contributed by atoms with E-state index in [0.717, 1.165) is 0 Å². The summed E-state index contributed by atoms with van der Waals surface area (Å²) >= 11 is 0. The molecule has 1 heterocycles. The summed E-state index contributed by atoms with van der Waals surface area (Å²) in [4.78, 5) is 19.3. The third-order valence-corrected chi connectivity index (χ3v) is 5.04. The van der Waals surface area contributed by atoms with Crippen molar-refractivity contribution < 1.29 is 23.1 Å². The molecule has 0 aliphatic carbocycles. The van der Waals surface area contributed by atoms with Crippen LogP contribution in [0.4, 0.5) is 5.69 Å². The number of sulfonamides is 1. The fraction of sp³-hybridized carbons (Fsp3) is 0.200. The number of aromatic hydroxyl groups is 1. The van der Waals surface area contributed by atoms with Gasteiger partial charge in [0, 0.05) is 17.1 Å². The van der Waals surface area contributed by atoms with Crippen LogP contribution in [0.5, 0.6) is 5.88 Å². The van der Waals surface area contributed by atoms with E-state index in [1.165, 1.54) is 30.5 Å². The highest BCUT2D eigenvalue weighted by atomic mass is 32.2. The normalized spacial score (nSPS) is 12.1. The predicted octanol–water partition coefficient (Wildman–Crippen LogP) is 3.08. The van der Waals surface area contributed by atoms with Gasteiger partial charge in [0.2, 0.25) is 10.0 Å². The van der Waals surface area contributed by atoms with Crippen molar-refractivity contribution in [3.63, 3.8) is 0 Å². The third-order valence-electron chi connectivity index (χ3n) is 4.11. The Hall–Kier alpha value is -3.17.